The van der Waals surface area contributed by atoms with Crippen molar-refractivity contribution in [2.75, 3.05) is 0 Å². The Morgan fingerprint density at radius 2 is 1.72 bits per heavy atom. The number of nitrogens with zero attached hydrogens (tertiary/aromatic N) is 2. The zero-order chi connectivity index (χ0) is 20.4. The first-order valence-electron chi connectivity index (χ1n) is 9.62. The summed E-state index contributed by atoms with van der Waals surface area (Å²) in [7, 11) is 0. The van der Waals surface area contributed by atoms with E-state index in [1.807, 2.05) is 24.3 Å². The van der Waals surface area contributed by atoms with E-state index in [0.29, 0.717) is 23.3 Å². The average molecular weight is 387 g/mol. The van der Waals surface area contributed by atoms with Gasteiger partial charge in [-0.15, -0.1) is 0 Å². The van der Waals surface area contributed by atoms with Gasteiger partial charge in [-0.25, -0.2) is 4.98 Å². The van der Waals surface area contributed by atoms with Crippen molar-refractivity contribution >= 4 is 27.6 Å². The first-order valence-corrected chi connectivity index (χ1v) is 9.62. The number of para-hydroxylation sites is 1. The number of benzene rings is 3. The van der Waals surface area contributed by atoms with E-state index in [-0.39, 0.29) is 18.1 Å². The minimum Gasteiger partial charge on any atom is -0.368 e. The predicted octanol–water partition coefficient (Wildman–Crippen LogP) is 1.86. The van der Waals surface area contributed by atoms with Crippen molar-refractivity contribution in [2.45, 2.75) is 26.1 Å². The molecule has 0 radical (unpaired) electrons. The van der Waals surface area contributed by atoms with Crippen molar-refractivity contribution in [3.63, 3.8) is 0 Å². The zero-order valence-electron chi connectivity index (χ0n) is 16.2. The van der Waals surface area contributed by atoms with Crippen LogP contribution in [0.2, 0.25) is 0 Å². The van der Waals surface area contributed by atoms with Gasteiger partial charge in [-0.1, -0.05) is 54.6 Å². The quantitative estimate of drug-likeness (QED) is 0.529. The fourth-order valence-corrected chi connectivity index (χ4v) is 3.75. The Labute approximate surface area is 168 Å². The van der Waals surface area contributed by atoms with E-state index in [4.69, 9.17) is 5.73 Å². The highest BCUT2D eigenvalue weighted by atomic mass is 16.2. The maximum Gasteiger partial charge on any atom is 0.262 e. The van der Waals surface area contributed by atoms with Gasteiger partial charge in [0.2, 0.25) is 5.91 Å². The van der Waals surface area contributed by atoms with Crippen LogP contribution < -0.4 is 16.6 Å². The molecule has 6 heteroatoms. The third-order valence-electron chi connectivity index (χ3n) is 5.22. The summed E-state index contributed by atoms with van der Waals surface area (Å²) in [6.45, 7) is 2.40. The van der Waals surface area contributed by atoms with Gasteiger partial charge in [0.25, 0.3) is 5.56 Å². The lowest BCUT2D eigenvalue weighted by molar-refractivity contribution is -0.708. The molecule has 0 saturated heterocycles. The highest BCUT2D eigenvalue weighted by Crippen LogP contribution is 2.22. The number of hydrogen-bond acceptors (Lipinski definition) is 3. The number of nitrogens with two attached hydrogens (primary N) is 2. The van der Waals surface area contributed by atoms with E-state index in [0.717, 1.165) is 0 Å². The number of primary amides is 1. The zero-order valence-corrected chi connectivity index (χ0v) is 16.2. The van der Waals surface area contributed by atoms with Crippen LogP contribution >= 0.6 is 0 Å². The van der Waals surface area contributed by atoms with Gasteiger partial charge < -0.3 is 11.1 Å². The lowest BCUT2D eigenvalue weighted by atomic mass is 10.00. The largest absolute Gasteiger partial charge is 0.368 e. The molecule has 29 heavy (non-hydrogen) atoms. The molecule has 4 aromatic rings. The van der Waals surface area contributed by atoms with E-state index >= 15 is 0 Å². The second kappa shape index (κ2) is 7.85. The second-order valence-corrected chi connectivity index (χ2v) is 7.20. The minimum atomic E-state index is -0.562. The summed E-state index contributed by atoms with van der Waals surface area (Å²) in [5.74, 6) is -0.0212. The molecule has 0 aliphatic heterocycles. The molecule has 1 aromatic heterocycles. The molecule has 0 saturated carbocycles. The van der Waals surface area contributed by atoms with Gasteiger partial charge in [0, 0.05) is 5.56 Å². The van der Waals surface area contributed by atoms with Crippen LogP contribution in [0.3, 0.4) is 0 Å². The highest BCUT2D eigenvalue weighted by Gasteiger charge is 2.17. The molecule has 0 spiro atoms. The summed E-state index contributed by atoms with van der Waals surface area (Å²) in [6.07, 6.45) is 0. The monoisotopic (exact) mass is 387 g/mol. The first kappa shape index (κ1) is 18.8. The van der Waals surface area contributed by atoms with Gasteiger partial charge in [-0.2, -0.15) is 0 Å². The molecule has 0 fully saturated rings. The predicted molar refractivity (Wildman–Crippen MR) is 113 cm³/mol. The van der Waals surface area contributed by atoms with Crippen LogP contribution in [0.15, 0.2) is 71.5 Å². The minimum absolute atomic E-state index is 0.145. The summed E-state index contributed by atoms with van der Waals surface area (Å²) in [5, 5.41) is 5.01. The Kier molecular flexibility index (Phi) is 5.10. The first-order chi connectivity index (χ1) is 14.0. The molecular weight excluding hydrogens is 364 g/mol. The third kappa shape index (κ3) is 3.75. The Balaban J connectivity index is 1.68. The van der Waals surface area contributed by atoms with E-state index < -0.39 is 5.91 Å². The SMILES string of the molecule is C[C@H]([NH2+]Cc1nc2ccccc2c(=O)n1CC(N)=O)c1cccc2ccccc12. The Morgan fingerprint density at radius 3 is 2.52 bits per heavy atom. The van der Waals surface area contributed by atoms with Crippen LogP contribution in [-0.4, -0.2) is 15.5 Å². The number of rotatable bonds is 6. The van der Waals surface area contributed by atoms with Crippen LogP contribution in [-0.2, 0) is 17.9 Å². The lowest BCUT2D eigenvalue weighted by Gasteiger charge is -2.16. The third-order valence-corrected chi connectivity index (χ3v) is 5.22. The van der Waals surface area contributed by atoms with Crippen molar-refractivity contribution in [1.29, 1.82) is 0 Å². The van der Waals surface area contributed by atoms with E-state index in [2.05, 4.69) is 47.6 Å². The maximum atomic E-state index is 12.9. The Bertz CT molecular complexity index is 1260. The molecule has 0 aliphatic carbocycles. The fourth-order valence-electron chi connectivity index (χ4n) is 3.75. The second-order valence-electron chi connectivity index (χ2n) is 7.20. The van der Waals surface area contributed by atoms with Gasteiger partial charge in [0.1, 0.15) is 19.1 Å². The number of carbonyl (C=O) groups excluding carboxylic acids is 1. The van der Waals surface area contributed by atoms with E-state index in [9.17, 15) is 9.59 Å². The summed E-state index contributed by atoms with van der Waals surface area (Å²) in [6, 6.07) is 21.9. The lowest BCUT2D eigenvalue weighted by Crippen LogP contribution is -2.83. The van der Waals surface area contributed by atoms with Crippen molar-refractivity contribution < 1.29 is 10.1 Å². The molecule has 6 nitrogen and oxygen atoms in total. The van der Waals surface area contributed by atoms with Crippen molar-refractivity contribution in [3.8, 4) is 0 Å². The highest BCUT2D eigenvalue weighted by molar-refractivity contribution is 5.85. The van der Waals surface area contributed by atoms with E-state index in [1.54, 1.807) is 12.1 Å². The van der Waals surface area contributed by atoms with Gasteiger partial charge in [-0.05, 0) is 29.8 Å². The fraction of sp³-hybridized carbons (Fsp3) is 0.174. The van der Waals surface area contributed by atoms with E-state index in [1.165, 1.54) is 20.9 Å². The van der Waals surface area contributed by atoms with Crippen LogP contribution in [0.1, 0.15) is 24.4 Å². The molecule has 1 amide bonds. The number of hydrogen-bond donors (Lipinski definition) is 2. The molecular formula is C23H23N4O2+. The van der Waals surface area contributed by atoms with Crippen molar-refractivity contribution in [2.24, 2.45) is 5.73 Å². The number of amides is 1. The molecule has 146 valence electrons. The Hall–Kier alpha value is -3.51. The average Bonchev–Trinajstić information content (AvgIpc) is 2.73. The van der Waals surface area contributed by atoms with Crippen LogP contribution in [0.4, 0.5) is 0 Å². The van der Waals surface area contributed by atoms with Crippen molar-refractivity contribution in [3.05, 3.63) is 88.5 Å². The van der Waals surface area contributed by atoms with Gasteiger partial charge in [0.05, 0.1) is 10.9 Å². The van der Waals surface area contributed by atoms with Gasteiger partial charge in [-0.3, -0.25) is 14.2 Å². The standard InChI is InChI=1S/C23H22N4O2/c1-15(17-11-6-8-16-7-2-3-9-18(16)17)25-13-22-26-20-12-5-4-10-19(20)23(29)27(22)14-21(24)28/h2-12,15,25H,13-14H2,1H3,(H2,24,28)/p+1/t15-/m0/s1. The molecule has 4 N–H and O–H groups in total. The van der Waals surface area contributed by atoms with Gasteiger partial charge in [0.15, 0.2) is 5.82 Å². The number of fused-ring (bicyclic) bond motifs is 2. The molecule has 1 heterocycles. The summed E-state index contributed by atoms with van der Waals surface area (Å²) in [4.78, 5) is 29.1. The molecule has 0 aliphatic rings. The topological polar surface area (TPSA) is 94.6 Å². The Morgan fingerprint density at radius 1 is 1.03 bits per heavy atom. The molecule has 3 aromatic carbocycles. The summed E-state index contributed by atoms with van der Waals surface area (Å²) >= 11 is 0. The number of quaternary nitrogens is 1. The summed E-state index contributed by atoms with van der Waals surface area (Å²) in [5.41, 5.74) is 6.98. The van der Waals surface area contributed by atoms with Crippen LogP contribution in [0.5, 0.6) is 0 Å². The van der Waals surface area contributed by atoms with Gasteiger partial charge >= 0.3 is 0 Å². The molecule has 0 unspecified atom stereocenters. The van der Waals surface area contributed by atoms with Crippen LogP contribution in [0, 0.1) is 0 Å². The summed E-state index contributed by atoms with van der Waals surface area (Å²) < 4.78 is 1.39. The van der Waals surface area contributed by atoms with Crippen molar-refractivity contribution in [1.82, 2.24) is 9.55 Å². The van der Waals surface area contributed by atoms with Crippen LogP contribution in [0.25, 0.3) is 21.7 Å². The number of carbonyl (C=O) groups is 1. The maximum absolute atomic E-state index is 12.9. The molecule has 4 rings (SSSR count). The normalized spacial score (nSPS) is 12.3. The smallest absolute Gasteiger partial charge is 0.262 e. The number of aromatic nitrogens is 2. The molecule has 1 atom stereocenters. The molecule has 0 bridgehead atoms.